The SMILES string of the molecule is Cc1nc(C(=O)NNC(=O)OCc2c(F)cccc2Cl)cs1. The molecule has 0 aliphatic carbocycles. The zero-order chi connectivity index (χ0) is 16.1. The van der Waals surface area contributed by atoms with Crippen LogP contribution in [0, 0.1) is 12.7 Å². The second kappa shape index (κ2) is 7.19. The van der Waals surface area contributed by atoms with Gasteiger partial charge in [0.05, 0.1) is 10.0 Å². The maximum absolute atomic E-state index is 13.5. The summed E-state index contributed by atoms with van der Waals surface area (Å²) in [6.45, 7) is 1.39. The number of amides is 2. The molecule has 2 N–H and O–H groups in total. The number of aryl methyl sites for hydroxylation is 1. The molecule has 22 heavy (non-hydrogen) atoms. The van der Waals surface area contributed by atoms with Gasteiger partial charge in [-0.3, -0.25) is 10.2 Å². The van der Waals surface area contributed by atoms with Crippen molar-refractivity contribution < 1.29 is 18.7 Å². The molecule has 0 aliphatic rings. The fourth-order valence-electron chi connectivity index (χ4n) is 1.48. The molecule has 0 saturated carbocycles. The Morgan fingerprint density at radius 2 is 2.18 bits per heavy atom. The fourth-order valence-corrected chi connectivity index (χ4v) is 2.29. The summed E-state index contributed by atoms with van der Waals surface area (Å²) in [5, 5.41) is 2.42. The van der Waals surface area contributed by atoms with E-state index in [-0.39, 0.29) is 22.9 Å². The van der Waals surface area contributed by atoms with Crippen LogP contribution in [-0.2, 0) is 11.3 Å². The smallest absolute Gasteiger partial charge is 0.426 e. The van der Waals surface area contributed by atoms with Gasteiger partial charge in [0.15, 0.2) is 0 Å². The van der Waals surface area contributed by atoms with Crippen LogP contribution in [0.2, 0.25) is 5.02 Å². The van der Waals surface area contributed by atoms with Crippen molar-refractivity contribution >= 4 is 34.9 Å². The summed E-state index contributed by atoms with van der Waals surface area (Å²) in [5.74, 6) is -1.16. The van der Waals surface area contributed by atoms with Crippen LogP contribution in [0.3, 0.4) is 0 Å². The highest BCUT2D eigenvalue weighted by atomic mass is 35.5. The standard InChI is InChI=1S/C13H11ClFN3O3S/c1-7-16-11(6-22-7)12(19)17-18-13(20)21-5-8-9(14)3-2-4-10(8)15/h2-4,6H,5H2,1H3,(H,17,19)(H,18,20). The molecular formula is C13H11ClFN3O3S. The average Bonchev–Trinajstić information content (AvgIpc) is 2.91. The first-order valence-electron chi connectivity index (χ1n) is 6.05. The van der Waals surface area contributed by atoms with Crippen LogP contribution in [0.25, 0.3) is 0 Å². The van der Waals surface area contributed by atoms with Crippen molar-refractivity contribution in [1.29, 1.82) is 0 Å². The minimum Gasteiger partial charge on any atom is -0.443 e. The second-order valence-electron chi connectivity index (χ2n) is 4.11. The number of carbonyl (C=O) groups excluding carboxylic acids is 2. The molecule has 1 aromatic heterocycles. The lowest BCUT2D eigenvalue weighted by atomic mass is 10.2. The number of carbonyl (C=O) groups is 2. The van der Waals surface area contributed by atoms with Gasteiger partial charge in [-0.15, -0.1) is 11.3 Å². The third kappa shape index (κ3) is 4.15. The number of halogens is 2. The van der Waals surface area contributed by atoms with Crippen molar-refractivity contribution in [2.24, 2.45) is 0 Å². The average molecular weight is 344 g/mol. The Morgan fingerprint density at radius 3 is 2.82 bits per heavy atom. The van der Waals surface area contributed by atoms with Crippen molar-refractivity contribution in [3.05, 3.63) is 50.7 Å². The van der Waals surface area contributed by atoms with E-state index in [2.05, 4.69) is 10.4 Å². The molecule has 0 bridgehead atoms. The van der Waals surface area contributed by atoms with Gasteiger partial charge in [0.1, 0.15) is 18.1 Å². The van der Waals surface area contributed by atoms with Crippen LogP contribution >= 0.6 is 22.9 Å². The molecule has 2 rings (SSSR count). The molecule has 2 amide bonds. The van der Waals surface area contributed by atoms with Crippen LogP contribution in [0.4, 0.5) is 9.18 Å². The number of hydrogen-bond donors (Lipinski definition) is 2. The minimum atomic E-state index is -0.945. The summed E-state index contributed by atoms with van der Waals surface area (Å²) in [5.41, 5.74) is 4.41. The predicted octanol–water partition coefficient (Wildman–Crippen LogP) is 2.82. The van der Waals surface area contributed by atoms with E-state index in [1.807, 2.05) is 5.43 Å². The first-order valence-corrected chi connectivity index (χ1v) is 7.31. The van der Waals surface area contributed by atoms with Crippen LogP contribution in [0.1, 0.15) is 21.1 Å². The van der Waals surface area contributed by atoms with E-state index in [9.17, 15) is 14.0 Å². The minimum absolute atomic E-state index is 0.0563. The zero-order valence-electron chi connectivity index (χ0n) is 11.4. The predicted molar refractivity (Wildman–Crippen MR) is 79.0 cm³/mol. The number of nitrogens with zero attached hydrogens (tertiary/aromatic N) is 1. The van der Waals surface area contributed by atoms with E-state index in [0.29, 0.717) is 0 Å². The Hall–Kier alpha value is -2.19. The molecule has 116 valence electrons. The lowest BCUT2D eigenvalue weighted by molar-refractivity contribution is 0.0900. The van der Waals surface area contributed by atoms with Gasteiger partial charge in [0.2, 0.25) is 0 Å². The largest absolute Gasteiger partial charge is 0.443 e. The fraction of sp³-hybridized carbons (Fsp3) is 0.154. The molecule has 0 unspecified atom stereocenters. The number of thiazole rings is 1. The summed E-state index contributed by atoms with van der Waals surface area (Å²) in [4.78, 5) is 27.0. The van der Waals surface area contributed by atoms with E-state index < -0.39 is 17.8 Å². The van der Waals surface area contributed by atoms with E-state index in [0.717, 1.165) is 5.01 Å². The molecule has 0 saturated heterocycles. The number of nitrogens with one attached hydrogen (secondary N) is 2. The molecule has 0 spiro atoms. The topological polar surface area (TPSA) is 80.3 Å². The van der Waals surface area contributed by atoms with Crippen LogP contribution < -0.4 is 10.9 Å². The molecule has 0 atom stereocenters. The number of aromatic nitrogens is 1. The number of benzene rings is 1. The number of ether oxygens (including phenoxy) is 1. The third-order valence-corrected chi connectivity index (χ3v) is 3.67. The molecule has 9 heteroatoms. The molecule has 0 aliphatic heterocycles. The van der Waals surface area contributed by atoms with Crippen molar-refractivity contribution in [3.63, 3.8) is 0 Å². The van der Waals surface area contributed by atoms with E-state index in [1.165, 1.54) is 29.5 Å². The first kappa shape index (κ1) is 16.2. The molecule has 6 nitrogen and oxygen atoms in total. The zero-order valence-corrected chi connectivity index (χ0v) is 12.9. The Balaban J connectivity index is 1.82. The van der Waals surface area contributed by atoms with Crippen molar-refractivity contribution in [2.75, 3.05) is 0 Å². The van der Waals surface area contributed by atoms with Crippen LogP contribution in [0.5, 0.6) is 0 Å². The second-order valence-corrected chi connectivity index (χ2v) is 5.58. The monoisotopic (exact) mass is 343 g/mol. The van der Waals surface area contributed by atoms with Gasteiger partial charge in [-0.2, -0.15) is 0 Å². The molecule has 1 heterocycles. The van der Waals surface area contributed by atoms with E-state index in [4.69, 9.17) is 16.3 Å². The van der Waals surface area contributed by atoms with Crippen molar-refractivity contribution in [2.45, 2.75) is 13.5 Å². The third-order valence-electron chi connectivity index (χ3n) is 2.54. The van der Waals surface area contributed by atoms with Gasteiger partial charge >= 0.3 is 6.09 Å². The molecule has 2 aromatic rings. The molecule has 0 radical (unpaired) electrons. The molecular weight excluding hydrogens is 333 g/mol. The van der Waals surface area contributed by atoms with Gasteiger partial charge in [-0.1, -0.05) is 17.7 Å². The van der Waals surface area contributed by atoms with Gasteiger partial charge in [0, 0.05) is 10.9 Å². The Labute approximate surface area is 134 Å². The van der Waals surface area contributed by atoms with Gasteiger partial charge in [-0.25, -0.2) is 19.6 Å². The number of hydrazine groups is 1. The van der Waals surface area contributed by atoms with Crippen molar-refractivity contribution in [1.82, 2.24) is 15.8 Å². The van der Waals surface area contributed by atoms with Crippen molar-refractivity contribution in [3.8, 4) is 0 Å². The van der Waals surface area contributed by atoms with E-state index in [1.54, 1.807) is 12.3 Å². The maximum atomic E-state index is 13.5. The number of rotatable bonds is 3. The van der Waals surface area contributed by atoms with Crippen LogP contribution in [-0.4, -0.2) is 17.0 Å². The first-order chi connectivity index (χ1) is 10.5. The highest BCUT2D eigenvalue weighted by molar-refractivity contribution is 7.09. The quantitative estimate of drug-likeness (QED) is 0.840. The summed E-state index contributed by atoms with van der Waals surface area (Å²) < 4.78 is 18.2. The van der Waals surface area contributed by atoms with Gasteiger partial charge in [0.25, 0.3) is 5.91 Å². The molecule has 0 fully saturated rings. The van der Waals surface area contributed by atoms with Gasteiger partial charge < -0.3 is 4.74 Å². The number of hydrogen-bond acceptors (Lipinski definition) is 5. The highest BCUT2D eigenvalue weighted by Gasteiger charge is 2.12. The molecule has 1 aromatic carbocycles. The summed E-state index contributed by atoms with van der Waals surface area (Å²) in [6.07, 6.45) is -0.945. The highest BCUT2D eigenvalue weighted by Crippen LogP contribution is 2.19. The summed E-state index contributed by atoms with van der Waals surface area (Å²) >= 11 is 7.10. The lowest BCUT2D eigenvalue weighted by Crippen LogP contribution is -2.42. The summed E-state index contributed by atoms with van der Waals surface area (Å²) in [6, 6.07) is 4.12. The summed E-state index contributed by atoms with van der Waals surface area (Å²) in [7, 11) is 0. The van der Waals surface area contributed by atoms with Crippen LogP contribution in [0.15, 0.2) is 23.6 Å². The Morgan fingerprint density at radius 1 is 1.41 bits per heavy atom. The van der Waals surface area contributed by atoms with Gasteiger partial charge in [-0.05, 0) is 19.1 Å². The lowest BCUT2D eigenvalue weighted by Gasteiger charge is -2.09. The van der Waals surface area contributed by atoms with E-state index >= 15 is 0 Å². The maximum Gasteiger partial charge on any atom is 0.426 e. The Bertz CT molecular complexity index is 687. The normalized spacial score (nSPS) is 10.1. The Kier molecular flexibility index (Phi) is 5.29.